The normalized spacial score (nSPS) is 19.1. The number of primary amides is 1. The van der Waals surface area contributed by atoms with Crippen LogP contribution in [0.1, 0.15) is 13.8 Å². The Kier molecular flexibility index (Phi) is 2.45. The third-order valence-corrected chi connectivity index (χ3v) is 2.00. The van der Waals surface area contributed by atoms with Gasteiger partial charge in [0.05, 0.1) is 6.54 Å². The van der Waals surface area contributed by atoms with E-state index in [2.05, 4.69) is 19.2 Å². The minimum absolute atomic E-state index is 0.00537. The molecule has 0 saturated carbocycles. The van der Waals surface area contributed by atoms with Crippen LogP contribution in [0.4, 0.5) is 4.79 Å². The van der Waals surface area contributed by atoms with E-state index >= 15 is 0 Å². The molecule has 0 aliphatic carbocycles. The highest BCUT2D eigenvalue weighted by molar-refractivity contribution is 5.83. The van der Waals surface area contributed by atoms with Crippen LogP contribution in [-0.4, -0.2) is 36.5 Å². The van der Waals surface area contributed by atoms with Crippen molar-refractivity contribution in [3.05, 3.63) is 0 Å². The number of amides is 3. The summed E-state index contributed by atoms with van der Waals surface area (Å²) in [5, 5.41) is 2.27. The van der Waals surface area contributed by atoms with Gasteiger partial charge in [-0.25, -0.2) is 4.79 Å². The summed E-state index contributed by atoms with van der Waals surface area (Å²) < 4.78 is 0. The molecule has 13 heavy (non-hydrogen) atoms. The minimum Gasteiger partial charge on any atom is -0.352 e. The number of urea groups is 1. The number of hydrogen-bond acceptors (Lipinski definition) is 2. The number of carbonyl (C=O) groups excluding carboxylic acids is 2. The molecule has 0 aromatic heterocycles. The van der Waals surface area contributed by atoms with Crippen LogP contribution < -0.4 is 11.1 Å². The summed E-state index contributed by atoms with van der Waals surface area (Å²) in [6, 6.07) is -0.659. The second-order valence-corrected chi connectivity index (χ2v) is 4.13. The largest absolute Gasteiger partial charge is 0.352 e. The molecule has 3 N–H and O–H groups in total. The van der Waals surface area contributed by atoms with Gasteiger partial charge in [0, 0.05) is 13.1 Å². The molecule has 0 unspecified atom stereocenters. The number of rotatable bonds is 2. The Balaban J connectivity index is 2.23. The first-order valence-corrected chi connectivity index (χ1v) is 4.22. The van der Waals surface area contributed by atoms with Gasteiger partial charge in [0.1, 0.15) is 0 Å². The van der Waals surface area contributed by atoms with E-state index in [0.29, 0.717) is 0 Å². The highest BCUT2D eigenvalue weighted by Crippen LogP contribution is 2.28. The maximum absolute atomic E-state index is 11.3. The van der Waals surface area contributed by atoms with Gasteiger partial charge in [0.2, 0.25) is 5.91 Å². The molecule has 0 aromatic carbocycles. The first-order chi connectivity index (χ1) is 5.91. The molecular formula is C8H15N3O2. The van der Waals surface area contributed by atoms with Crippen LogP contribution in [0.2, 0.25) is 0 Å². The molecule has 1 rings (SSSR count). The molecule has 5 nitrogen and oxygen atoms in total. The zero-order chi connectivity index (χ0) is 10.1. The topological polar surface area (TPSA) is 75.4 Å². The number of hydrogen-bond donors (Lipinski definition) is 2. The lowest BCUT2D eigenvalue weighted by molar-refractivity contribution is -0.140. The van der Waals surface area contributed by atoms with E-state index in [9.17, 15) is 9.59 Å². The molecular weight excluding hydrogens is 170 g/mol. The molecule has 0 spiro atoms. The van der Waals surface area contributed by atoms with Gasteiger partial charge in [-0.3, -0.25) is 4.79 Å². The van der Waals surface area contributed by atoms with Crippen molar-refractivity contribution in [3.63, 3.8) is 0 Å². The van der Waals surface area contributed by atoms with Crippen LogP contribution >= 0.6 is 0 Å². The van der Waals surface area contributed by atoms with Gasteiger partial charge in [0.25, 0.3) is 0 Å². The van der Waals surface area contributed by atoms with Crippen LogP contribution in [0, 0.1) is 5.41 Å². The number of nitrogens with two attached hydrogens (primary N) is 1. The van der Waals surface area contributed by atoms with E-state index in [-0.39, 0.29) is 17.9 Å². The van der Waals surface area contributed by atoms with Crippen LogP contribution in [0.5, 0.6) is 0 Å². The second-order valence-electron chi connectivity index (χ2n) is 4.13. The third-order valence-electron chi connectivity index (χ3n) is 2.00. The van der Waals surface area contributed by atoms with Crippen molar-refractivity contribution >= 4 is 11.9 Å². The first-order valence-electron chi connectivity index (χ1n) is 4.22. The van der Waals surface area contributed by atoms with Crippen molar-refractivity contribution in [1.29, 1.82) is 0 Å². The van der Waals surface area contributed by atoms with Gasteiger partial charge in [0.15, 0.2) is 0 Å². The molecule has 74 valence electrons. The van der Waals surface area contributed by atoms with E-state index in [0.717, 1.165) is 13.1 Å². The Hall–Kier alpha value is -1.26. The molecule has 1 aliphatic heterocycles. The van der Waals surface area contributed by atoms with E-state index < -0.39 is 6.03 Å². The smallest absolute Gasteiger partial charge is 0.312 e. The van der Waals surface area contributed by atoms with E-state index in [4.69, 9.17) is 5.73 Å². The highest BCUT2D eigenvalue weighted by atomic mass is 16.2. The van der Waals surface area contributed by atoms with E-state index in [1.165, 1.54) is 0 Å². The fourth-order valence-corrected chi connectivity index (χ4v) is 1.44. The summed E-state index contributed by atoms with van der Waals surface area (Å²) in [5.74, 6) is -0.0712. The first kappa shape index (κ1) is 9.83. The average molecular weight is 185 g/mol. The Labute approximate surface area is 77.3 Å². The summed E-state index contributed by atoms with van der Waals surface area (Å²) in [4.78, 5) is 23.3. The SMILES string of the molecule is CC1(C)CN(C(=O)CNC(N)=O)C1. The van der Waals surface area contributed by atoms with Crippen LogP contribution in [0.25, 0.3) is 0 Å². The van der Waals surface area contributed by atoms with Crippen molar-refractivity contribution in [3.8, 4) is 0 Å². The van der Waals surface area contributed by atoms with Crippen molar-refractivity contribution < 1.29 is 9.59 Å². The molecule has 3 amide bonds. The quantitative estimate of drug-likeness (QED) is 0.610. The minimum atomic E-state index is -0.659. The zero-order valence-electron chi connectivity index (χ0n) is 7.96. The van der Waals surface area contributed by atoms with Gasteiger partial charge in [-0.05, 0) is 5.41 Å². The standard InChI is InChI=1S/C8H15N3O2/c1-8(2)4-11(5-8)6(12)3-10-7(9)13/h3-5H2,1-2H3,(H3,9,10,13). The molecule has 0 atom stereocenters. The Morgan fingerprint density at radius 3 is 2.38 bits per heavy atom. The van der Waals surface area contributed by atoms with Crippen molar-refractivity contribution in [1.82, 2.24) is 10.2 Å². The van der Waals surface area contributed by atoms with Crippen molar-refractivity contribution in [2.75, 3.05) is 19.6 Å². The van der Waals surface area contributed by atoms with Crippen molar-refractivity contribution in [2.24, 2.45) is 11.1 Å². The highest BCUT2D eigenvalue weighted by Gasteiger charge is 2.36. The molecule has 1 heterocycles. The van der Waals surface area contributed by atoms with Gasteiger partial charge in [-0.15, -0.1) is 0 Å². The van der Waals surface area contributed by atoms with Crippen LogP contribution in [0.15, 0.2) is 0 Å². The lowest BCUT2D eigenvalue weighted by atomic mass is 9.84. The number of likely N-dealkylation sites (tertiary alicyclic amines) is 1. The number of nitrogens with zero attached hydrogens (tertiary/aromatic N) is 1. The molecule has 1 saturated heterocycles. The number of carbonyl (C=O) groups is 2. The predicted octanol–water partition coefficient (Wildman–Crippen LogP) is -0.477. The Bertz CT molecular complexity index is 230. The summed E-state index contributed by atoms with van der Waals surface area (Å²) in [5.41, 5.74) is 5.06. The third kappa shape index (κ3) is 2.61. The van der Waals surface area contributed by atoms with Gasteiger partial charge in [-0.1, -0.05) is 13.8 Å². The molecule has 0 bridgehead atoms. The second kappa shape index (κ2) is 3.24. The molecule has 1 aliphatic rings. The Morgan fingerprint density at radius 2 is 2.00 bits per heavy atom. The summed E-state index contributed by atoms with van der Waals surface area (Å²) in [6.07, 6.45) is 0. The van der Waals surface area contributed by atoms with Gasteiger partial charge < -0.3 is 16.0 Å². The summed E-state index contributed by atoms with van der Waals surface area (Å²) in [7, 11) is 0. The fraction of sp³-hybridized carbons (Fsp3) is 0.750. The number of nitrogens with one attached hydrogen (secondary N) is 1. The molecule has 0 radical (unpaired) electrons. The summed E-state index contributed by atoms with van der Waals surface area (Å²) >= 11 is 0. The summed E-state index contributed by atoms with van der Waals surface area (Å²) in [6.45, 7) is 5.71. The fourth-order valence-electron chi connectivity index (χ4n) is 1.44. The maximum Gasteiger partial charge on any atom is 0.312 e. The zero-order valence-corrected chi connectivity index (χ0v) is 7.96. The van der Waals surface area contributed by atoms with Gasteiger partial charge in [-0.2, -0.15) is 0 Å². The lowest BCUT2D eigenvalue weighted by Crippen LogP contribution is -2.57. The molecule has 0 aromatic rings. The van der Waals surface area contributed by atoms with Crippen LogP contribution in [0.3, 0.4) is 0 Å². The van der Waals surface area contributed by atoms with Gasteiger partial charge >= 0.3 is 6.03 Å². The predicted molar refractivity (Wildman–Crippen MR) is 47.9 cm³/mol. The Morgan fingerprint density at radius 1 is 1.46 bits per heavy atom. The average Bonchev–Trinajstić information content (AvgIpc) is 1.95. The van der Waals surface area contributed by atoms with Crippen LogP contribution in [-0.2, 0) is 4.79 Å². The molecule has 5 heteroatoms. The maximum atomic E-state index is 11.3. The van der Waals surface area contributed by atoms with E-state index in [1.54, 1.807) is 4.90 Å². The lowest BCUT2D eigenvalue weighted by Gasteiger charge is -2.45. The van der Waals surface area contributed by atoms with Crippen molar-refractivity contribution in [2.45, 2.75) is 13.8 Å². The monoisotopic (exact) mass is 185 g/mol. The van der Waals surface area contributed by atoms with E-state index in [1.807, 2.05) is 0 Å². The molecule has 1 fully saturated rings.